The van der Waals surface area contributed by atoms with Crippen LogP contribution in [0.4, 0.5) is 4.39 Å². The maximum Gasteiger partial charge on any atom is 0.203 e. The van der Waals surface area contributed by atoms with Gasteiger partial charge in [-0.25, -0.2) is 4.39 Å². The molecule has 0 heterocycles. The van der Waals surface area contributed by atoms with Gasteiger partial charge in [-0.1, -0.05) is 0 Å². The van der Waals surface area contributed by atoms with Crippen molar-refractivity contribution in [2.45, 2.75) is 0 Å². The lowest BCUT2D eigenvalue weighted by Gasteiger charge is -2.04. The summed E-state index contributed by atoms with van der Waals surface area (Å²) >= 11 is 0. The van der Waals surface area contributed by atoms with Crippen LogP contribution in [0.3, 0.4) is 0 Å². The molecule has 4 heteroatoms. The molecule has 0 atom stereocenters. The van der Waals surface area contributed by atoms with Gasteiger partial charge in [0.15, 0.2) is 11.6 Å². The molecule has 1 aromatic rings. The average Bonchev–Trinajstić information content (AvgIpc) is 1.99. The van der Waals surface area contributed by atoms with E-state index in [1.165, 1.54) is 7.11 Å². The second-order valence-corrected chi connectivity index (χ2v) is 1.95. The maximum absolute atomic E-state index is 12.6. The Balaban J connectivity index is 3.29. The quantitative estimate of drug-likeness (QED) is 0.604. The Hall–Kier alpha value is -1.45. The Morgan fingerprint density at radius 3 is 2.45 bits per heavy atom. The minimum absolute atomic E-state index is 0.343. The molecule has 0 aliphatic rings. The number of rotatable bonds is 1. The first-order valence-electron chi connectivity index (χ1n) is 2.91. The van der Waals surface area contributed by atoms with Gasteiger partial charge in [0, 0.05) is 0 Å². The predicted octanol–water partition coefficient (Wildman–Crippen LogP) is 1.25. The van der Waals surface area contributed by atoms with E-state index in [0.29, 0.717) is 0 Å². The molecular weight excluding hydrogens is 151 g/mol. The highest BCUT2D eigenvalue weighted by molar-refractivity contribution is 5.49. The van der Waals surface area contributed by atoms with E-state index in [-0.39, 0.29) is 5.75 Å². The van der Waals surface area contributed by atoms with E-state index in [4.69, 9.17) is 10.2 Å². The lowest BCUT2D eigenvalue weighted by atomic mass is 10.3. The second kappa shape index (κ2) is 2.65. The van der Waals surface area contributed by atoms with Crippen LogP contribution in [0.5, 0.6) is 17.2 Å². The minimum Gasteiger partial charge on any atom is -0.504 e. The van der Waals surface area contributed by atoms with Crippen molar-refractivity contribution in [3.8, 4) is 17.2 Å². The van der Waals surface area contributed by atoms with Crippen LogP contribution in [-0.2, 0) is 0 Å². The van der Waals surface area contributed by atoms with E-state index < -0.39 is 17.3 Å². The van der Waals surface area contributed by atoms with Crippen molar-refractivity contribution in [2.75, 3.05) is 7.11 Å². The molecule has 0 radical (unpaired) electrons. The van der Waals surface area contributed by atoms with Gasteiger partial charge >= 0.3 is 0 Å². The van der Waals surface area contributed by atoms with Crippen LogP contribution in [0.15, 0.2) is 12.1 Å². The molecule has 0 aromatic heterocycles. The third kappa shape index (κ3) is 1.19. The van der Waals surface area contributed by atoms with Crippen molar-refractivity contribution < 1.29 is 19.3 Å². The lowest BCUT2D eigenvalue weighted by Crippen LogP contribution is -1.87. The zero-order valence-corrected chi connectivity index (χ0v) is 5.84. The van der Waals surface area contributed by atoms with Crippen molar-refractivity contribution in [1.29, 1.82) is 0 Å². The normalized spacial score (nSPS) is 9.64. The van der Waals surface area contributed by atoms with Gasteiger partial charge in [0.05, 0.1) is 7.11 Å². The first-order chi connectivity index (χ1) is 5.16. The summed E-state index contributed by atoms with van der Waals surface area (Å²) in [7, 11) is 1.21. The summed E-state index contributed by atoms with van der Waals surface area (Å²) in [6, 6.07) is 2.06. The molecule has 0 fully saturated rings. The Labute approximate surface area is 62.7 Å². The fraction of sp³-hybridized carbons (Fsp3) is 0.143. The Morgan fingerprint density at radius 2 is 2.00 bits per heavy atom. The molecule has 0 amide bonds. The summed E-state index contributed by atoms with van der Waals surface area (Å²) in [5.74, 6) is -2.02. The third-order valence-corrected chi connectivity index (χ3v) is 1.27. The fourth-order valence-corrected chi connectivity index (χ4v) is 0.730. The minimum atomic E-state index is -0.706. The van der Waals surface area contributed by atoms with Crippen molar-refractivity contribution in [1.82, 2.24) is 0 Å². The SMILES string of the molecule is COc1c(F)ccc(O)c1O. The number of ether oxygens (including phenoxy) is 1. The Bertz CT molecular complexity index is 273. The van der Waals surface area contributed by atoms with Gasteiger partial charge in [-0.05, 0) is 12.1 Å². The molecule has 1 rings (SSSR count). The Kier molecular flexibility index (Phi) is 1.85. The molecule has 3 nitrogen and oxygen atoms in total. The summed E-state index contributed by atoms with van der Waals surface area (Å²) in [6.45, 7) is 0. The van der Waals surface area contributed by atoms with Crippen LogP contribution < -0.4 is 4.74 Å². The van der Waals surface area contributed by atoms with E-state index >= 15 is 0 Å². The average molecular weight is 158 g/mol. The summed E-state index contributed by atoms with van der Waals surface area (Å²) in [6.07, 6.45) is 0. The van der Waals surface area contributed by atoms with Gasteiger partial charge in [-0.2, -0.15) is 0 Å². The summed E-state index contributed by atoms with van der Waals surface area (Å²) in [4.78, 5) is 0. The van der Waals surface area contributed by atoms with Crippen LogP contribution in [0, 0.1) is 5.82 Å². The zero-order valence-electron chi connectivity index (χ0n) is 5.84. The number of hydrogen-bond donors (Lipinski definition) is 2. The highest BCUT2D eigenvalue weighted by Gasteiger charge is 2.11. The van der Waals surface area contributed by atoms with Gasteiger partial charge in [-0.3, -0.25) is 0 Å². The van der Waals surface area contributed by atoms with Gasteiger partial charge in [0.2, 0.25) is 11.5 Å². The number of benzene rings is 1. The number of phenolic OH excluding ortho intramolecular Hbond substituents is 2. The number of phenols is 2. The van der Waals surface area contributed by atoms with Crippen LogP contribution in [0.25, 0.3) is 0 Å². The Morgan fingerprint density at radius 1 is 1.36 bits per heavy atom. The zero-order chi connectivity index (χ0) is 8.43. The standard InChI is InChI=1S/C7H7FO3/c1-11-7-4(8)2-3-5(9)6(7)10/h2-3,9-10H,1H3. The molecule has 0 unspecified atom stereocenters. The monoisotopic (exact) mass is 158 g/mol. The van der Waals surface area contributed by atoms with Crippen molar-refractivity contribution in [2.24, 2.45) is 0 Å². The highest BCUT2D eigenvalue weighted by Crippen LogP contribution is 2.36. The topological polar surface area (TPSA) is 49.7 Å². The smallest absolute Gasteiger partial charge is 0.203 e. The van der Waals surface area contributed by atoms with Crippen LogP contribution >= 0.6 is 0 Å². The van der Waals surface area contributed by atoms with Crippen LogP contribution in [0.1, 0.15) is 0 Å². The van der Waals surface area contributed by atoms with E-state index in [2.05, 4.69) is 4.74 Å². The molecule has 60 valence electrons. The van der Waals surface area contributed by atoms with Crippen molar-refractivity contribution in [3.05, 3.63) is 17.9 Å². The largest absolute Gasteiger partial charge is 0.504 e. The summed E-state index contributed by atoms with van der Waals surface area (Å²) < 4.78 is 17.1. The summed E-state index contributed by atoms with van der Waals surface area (Å²) in [5.41, 5.74) is 0. The number of methoxy groups -OCH3 is 1. The molecule has 11 heavy (non-hydrogen) atoms. The highest BCUT2D eigenvalue weighted by atomic mass is 19.1. The van der Waals surface area contributed by atoms with E-state index in [1.54, 1.807) is 0 Å². The van der Waals surface area contributed by atoms with E-state index in [9.17, 15) is 4.39 Å². The predicted molar refractivity (Wildman–Crippen MR) is 36.3 cm³/mol. The number of aromatic hydroxyl groups is 2. The maximum atomic E-state index is 12.6. The van der Waals surface area contributed by atoms with E-state index in [1.807, 2.05) is 0 Å². The van der Waals surface area contributed by atoms with Crippen LogP contribution in [0.2, 0.25) is 0 Å². The second-order valence-electron chi connectivity index (χ2n) is 1.95. The molecule has 0 bridgehead atoms. The number of halogens is 1. The third-order valence-electron chi connectivity index (χ3n) is 1.27. The first-order valence-corrected chi connectivity index (χ1v) is 2.91. The molecule has 1 aromatic carbocycles. The number of hydrogen-bond acceptors (Lipinski definition) is 3. The molecule has 0 spiro atoms. The molecule has 0 saturated heterocycles. The van der Waals surface area contributed by atoms with E-state index in [0.717, 1.165) is 12.1 Å². The molecule has 0 aliphatic heterocycles. The molecule has 0 saturated carbocycles. The van der Waals surface area contributed by atoms with Crippen molar-refractivity contribution >= 4 is 0 Å². The lowest BCUT2D eigenvalue weighted by molar-refractivity contribution is 0.333. The van der Waals surface area contributed by atoms with Gasteiger partial charge in [0.1, 0.15) is 0 Å². The first kappa shape index (κ1) is 7.65. The van der Waals surface area contributed by atoms with Gasteiger partial charge in [0.25, 0.3) is 0 Å². The van der Waals surface area contributed by atoms with Gasteiger partial charge in [-0.15, -0.1) is 0 Å². The van der Waals surface area contributed by atoms with Crippen LogP contribution in [-0.4, -0.2) is 17.3 Å². The van der Waals surface area contributed by atoms with Gasteiger partial charge < -0.3 is 14.9 Å². The van der Waals surface area contributed by atoms with Crippen molar-refractivity contribution in [3.63, 3.8) is 0 Å². The molecule has 2 N–H and O–H groups in total. The fourth-order valence-electron chi connectivity index (χ4n) is 0.730. The molecular formula is C7H7FO3. The summed E-state index contributed by atoms with van der Waals surface area (Å²) in [5, 5.41) is 17.8. The molecule has 0 aliphatic carbocycles.